The van der Waals surface area contributed by atoms with Crippen LogP contribution in [0, 0.1) is 6.92 Å². The summed E-state index contributed by atoms with van der Waals surface area (Å²) in [6.45, 7) is 4.63. The highest BCUT2D eigenvalue weighted by Gasteiger charge is 2.17. The third kappa shape index (κ3) is 5.01. The summed E-state index contributed by atoms with van der Waals surface area (Å²) in [4.78, 5) is 18.3. The van der Waals surface area contributed by atoms with Crippen molar-refractivity contribution in [3.8, 4) is 0 Å². The highest BCUT2D eigenvalue weighted by Crippen LogP contribution is 2.09. The number of aromatic amines is 1. The number of likely N-dealkylation sites (N-methyl/N-ethyl adjacent to an activating group) is 1. The van der Waals surface area contributed by atoms with Crippen LogP contribution in [0.15, 0.2) is 18.3 Å². The van der Waals surface area contributed by atoms with E-state index in [-0.39, 0.29) is 12.1 Å². The Balaban J connectivity index is 1.74. The van der Waals surface area contributed by atoms with Gasteiger partial charge in [-0.2, -0.15) is 5.21 Å². The Labute approximate surface area is 135 Å². The molecule has 124 valence electrons. The lowest BCUT2D eigenvalue weighted by Gasteiger charge is -2.25. The summed E-state index contributed by atoms with van der Waals surface area (Å²) in [5.41, 5.74) is 2.17. The summed E-state index contributed by atoms with van der Waals surface area (Å²) in [6, 6.07) is 3.94. The van der Waals surface area contributed by atoms with Crippen LogP contribution in [0.2, 0.25) is 0 Å². The fourth-order valence-electron chi connectivity index (χ4n) is 2.20. The number of urea groups is 1. The predicted octanol–water partition coefficient (Wildman–Crippen LogP) is 1.11. The number of hydrogen-bond acceptors (Lipinski definition) is 5. The van der Waals surface area contributed by atoms with Gasteiger partial charge in [-0.25, -0.2) is 4.79 Å². The molecule has 2 aromatic heterocycles. The molecule has 0 aliphatic heterocycles. The minimum atomic E-state index is -0.0841. The lowest BCUT2D eigenvalue weighted by Crippen LogP contribution is -2.43. The van der Waals surface area contributed by atoms with Crippen molar-refractivity contribution in [2.75, 3.05) is 13.6 Å². The number of nitrogens with zero attached hydrogens (tertiary/aromatic N) is 5. The summed E-state index contributed by atoms with van der Waals surface area (Å²) in [5, 5.41) is 16.6. The zero-order valence-corrected chi connectivity index (χ0v) is 13.8. The molecule has 23 heavy (non-hydrogen) atoms. The van der Waals surface area contributed by atoms with E-state index in [1.165, 1.54) is 0 Å². The van der Waals surface area contributed by atoms with Crippen LogP contribution >= 0.6 is 0 Å². The van der Waals surface area contributed by atoms with E-state index in [0.29, 0.717) is 18.8 Å². The van der Waals surface area contributed by atoms with E-state index in [0.717, 1.165) is 24.1 Å². The monoisotopic (exact) mass is 317 g/mol. The second kappa shape index (κ2) is 8.21. The Hall–Kier alpha value is -2.51. The van der Waals surface area contributed by atoms with Gasteiger partial charge in [0.25, 0.3) is 0 Å². The van der Waals surface area contributed by atoms with Crippen molar-refractivity contribution in [3.05, 3.63) is 35.4 Å². The van der Waals surface area contributed by atoms with Gasteiger partial charge in [0.05, 0.1) is 0 Å². The Kier molecular flexibility index (Phi) is 6.02. The largest absolute Gasteiger partial charge is 0.338 e. The van der Waals surface area contributed by atoms with Crippen molar-refractivity contribution >= 4 is 6.03 Å². The van der Waals surface area contributed by atoms with Crippen LogP contribution in [-0.4, -0.2) is 56.2 Å². The first-order valence-corrected chi connectivity index (χ1v) is 7.71. The minimum Gasteiger partial charge on any atom is -0.338 e. The lowest BCUT2D eigenvalue weighted by molar-refractivity contribution is 0.193. The van der Waals surface area contributed by atoms with Crippen LogP contribution in [0.3, 0.4) is 0 Å². The van der Waals surface area contributed by atoms with Crippen molar-refractivity contribution in [2.45, 2.75) is 39.2 Å². The molecule has 0 aromatic carbocycles. The quantitative estimate of drug-likeness (QED) is 0.745. The zero-order chi connectivity index (χ0) is 16.7. The molecule has 0 aliphatic rings. The fourth-order valence-corrected chi connectivity index (χ4v) is 2.20. The molecule has 2 rings (SSSR count). The van der Waals surface area contributed by atoms with Gasteiger partial charge >= 0.3 is 6.03 Å². The number of aromatic nitrogens is 5. The standard InChI is InChI=1S/C15H23N7O/c1-11-6-4-8-16-13(11)10-12(2)22(3)15(23)17-9-5-7-14-18-20-21-19-14/h4,6,8,12H,5,7,9-10H2,1-3H3,(H,17,23)(H,18,19,20,21)/t12-/m0/s1. The smallest absolute Gasteiger partial charge is 0.317 e. The highest BCUT2D eigenvalue weighted by atomic mass is 16.2. The van der Waals surface area contributed by atoms with Gasteiger partial charge in [-0.15, -0.1) is 10.2 Å². The molecule has 2 N–H and O–H groups in total. The second-order valence-corrected chi connectivity index (χ2v) is 5.59. The zero-order valence-electron chi connectivity index (χ0n) is 13.8. The third-order valence-electron chi connectivity index (χ3n) is 3.83. The van der Waals surface area contributed by atoms with Gasteiger partial charge in [-0.1, -0.05) is 11.3 Å². The maximum Gasteiger partial charge on any atom is 0.317 e. The van der Waals surface area contributed by atoms with Crippen LogP contribution in [-0.2, 0) is 12.8 Å². The number of aryl methyl sites for hydroxylation is 2. The fraction of sp³-hybridized carbons (Fsp3) is 0.533. The summed E-state index contributed by atoms with van der Waals surface area (Å²) in [6.07, 6.45) is 3.97. The summed E-state index contributed by atoms with van der Waals surface area (Å²) in [7, 11) is 1.80. The summed E-state index contributed by atoms with van der Waals surface area (Å²) >= 11 is 0. The first kappa shape index (κ1) is 16.9. The van der Waals surface area contributed by atoms with Crippen molar-refractivity contribution < 1.29 is 4.79 Å². The molecular weight excluding hydrogens is 294 g/mol. The molecule has 0 spiro atoms. The maximum absolute atomic E-state index is 12.2. The van der Waals surface area contributed by atoms with E-state index >= 15 is 0 Å². The molecule has 8 nitrogen and oxygen atoms in total. The average molecular weight is 317 g/mol. The first-order chi connectivity index (χ1) is 11.1. The molecule has 2 amide bonds. The predicted molar refractivity (Wildman–Crippen MR) is 85.8 cm³/mol. The van der Waals surface area contributed by atoms with Crippen molar-refractivity contribution in [2.24, 2.45) is 0 Å². The molecule has 0 bridgehead atoms. The average Bonchev–Trinajstić information content (AvgIpc) is 3.06. The number of rotatable bonds is 7. The number of amides is 2. The molecule has 1 atom stereocenters. The van der Waals surface area contributed by atoms with Gasteiger partial charge in [-0.3, -0.25) is 4.98 Å². The van der Waals surface area contributed by atoms with E-state index < -0.39 is 0 Å². The molecule has 0 fully saturated rings. The molecule has 2 aromatic rings. The normalized spacial score (nSPS) is 12.0. The van der Waals surface area contributed by atoms with Gasteiger partial charge in [0, 0.05) is 44.4 Å². The van der Waals surface area contributed by atoms with Crippen molar-refractivity contribution in [1.29, 1.82) is 0 Å². The summed E-state index contributed by atoms with van der Waals surface area (Å²) < 4.78 is 0. The third-order valence-corrected chi connectivity index (χ3v) is 3.83. The Morgan fingerprint density at radius 3 is 3.00 bits per heavy atom. The van der Waals surface area contributed by atoms with Crippen LogP contribution in [0.25, 0.3) is 0 Å². The number of hydrogen-bond donors (Lipinski definition) is 2. The molecule has 0 unspecified atom stereocenters. The summed E-state index contributed by atoms with van der Waals surface area (Å²) in [5.74, 6) is 0.659. The van der Waals surface area contributed by atoms with Gasteiger partial charge in [0.1, 0.15) is 0 Å². The Bertz CT molecular complexity index is 614. The SMILES string of the molecule is Cc1cccnc1C[C@H](C)N(C)C(=O)NCCCc1nn[nH]n1. The molecular formula is C15H23N7O. The van der Waals surface area contributed by atoms with Gasteiger partial charge in [0.2, 0.25) is 0 Å². The maximum atomic E-state index is 12.2. The van der Waals surface area contributed by atoms with E-state index in [1.54, 1.807) is 18.1 Å². The molecule has 0 saturated heterocycles. The minimum absolute atomic E-state index is 0.0702. The van der Waals surface area contributed by atoms with Crippen LogP contribution in [0.4, 0.5) is 4.79 Å². The van der Waals surface area contributed by atoms with Crippen LogP contribution in [0.1, 0.15) is 30.4 Å². The molecule has 0 radical (unpaired) electrons. The Morgan fingerprint density at radius 2 is 2.30 bits per heavy atom. The second-order valence-electron chi connectivity index (χ2n) is 5.59. The number of pyridine rings is 1. The van der Waals surface area contributed by atoms with Gasteiger partial charge < -0.3 is 10.2 Å². The van der Waals surface area contributed by atoms with Crippen LogP contribution in [0.5, 0.6) is 0 Å². The van der Waals surface area contributed by atoms with Crippen molar-refractivity contribution in [3.63, 3.8) is 0 Å². The van der Waals surface area contributed by atoms with Crippen molar-refractivity contribution in [1.82, 2.24) is 35.8 Å². The number of tetrazole rings is 1. The van der Waals surface area contributed by atoms with E-state index in [2.05, 4.69) is 30.9 Å². The number of carbonyl (C=O) groups is 1. The number of nitrogens with one attached hydrogen (secondary N) is 2. The molecule has 2 heterocycles. The Morgan fingerprint density at radius 1 is 1.48 bits per heavy atom. The van der Waals surface area contributed by atoms with Gasteiger partial charge in [0.15, 0.2) is 5.82 Å². The molecule has 0 saturated carbocycles. The first-order valence-electron chi connectivity index (χ1n) is 7.71. The van der Waals surface area contributed by atoms with E-state index in [1.807, 2.05) is 26.0 Å². The van der Waals surface area contributed by atoms with Crippen LogP contribution < -0.4 is 5.32 Å². The number of H-pyrrole nitrogens is 1. The molecule has 0 aliphatic carbocycles. The number of carbonyl (C=O) groups excluding carboxylic acids is 1. The topological polar surface area (TPSA) is 99.7 Å². The highest BCUT2D eigenvalue weighted by molar-refractivity contribution is 5.74. The molecule has 8 heteroatoms. The lowest BCUT2D eigenvalue weighted by atomic mass is 10.1. The van der Waals surface area contributed by atoms with E-state index in [4.69, 9.17) is 0 Å². The van der Waals surface area contributed by atoms with Gasteiger partial charge in [-0.05, 0) is 31.9 Å². The van der Waals surface area contributed by atoms with E-state index in [9.17, 15) is 4.79 Å².